The first-order valence-electron chi connectivity index (χ1n) is 7.33. The zero-order valence-corrected chi connectivity index (χ0v) is 12.5. The van der Waals surface area contributed by atoms with Crippen molar-refractivity contribution < 1.29 is 0 Å². The maximum Gasteiger partial charge on any atom is 0.0395 e. The zero-order chi connectivity index (χ0) is 14.4. The minimum absolute atomic E-state index is 0.618. The Morgan fingerprint density at radius 3 is 2.25 bits per heavy atom. The molecule has 0 aliphatic carbocycles. The van der Waals surface area contributed by atoms with Crippen LogP contribution in [0, 0.1) is 6.92 Å². The van der Waals surface area contributed by atoms with Crippen molar-refractivity contribution in [1.29, 1.82) is 0 Å². The standard InChI is InChI=1S/C18H24N2/c1-3-20(18-11-7-4-8-15(18)2)13-12-16-9-5-6-10-17(16)14-19/h4-11H,3,12-14,19H2,1-2H3. The van der Waals surface area contributed by atoms with Crippen LogP contribution in [0.4, 0.5) is 5.69 Å². The lowest BCUT2D eigenvalue weighted by Crippen LogP contribution is -2.26. The fourth-order valence-corrected chi connectivity index (χ4v) is 2.62. The highest BCUT2D eigenvalue weighted by atomic mass is 15.1. The first-order chi connectivity index (χ1) is 9.76. The van der Waals surface area contributed by atoms with E-state index in [-0.39, 0.29) is 0 Å². The minimum atomic E-state index is 0.618. The highest BCUT2D eigenvalue weighted by Crippen LogP contribution is 2.20. The monoisotopic (exact) mass is 268 g/mol. The summed E-state index contributed by atoms with van der Waals surface area (Å²) in [4.78, 5) is 2.43. The Morgan fingerprint density at radius 1 is 0.950 bits per heavy atom. The van der Waals surface area contributed by atoms with Crippen LogP contribution in [0.2, 0.25) is 0 Å². The summed E-state index contributed by atoms with van der Waals surface area (Å²) in [5.74, 6) is 0. The van der Waals surface area contributed by atoms with Crippen LogP contribution in [0.15, 0.2) is 48.5 Å². The largest absolute Gasteiger partial charge is 0.371 e. The third-order valence-corrected chi connectivity index (χ3v) is 3.83. The molecule has 0 aromatic heterocycles. The van der Waals surface area contributed by atoms with Crippen LogP contribution in [-0.2, 0) is 13.0 Å². The third kappa shape index (κ3) is 3.40. The van der Waals surface area contributed by atoms with Crippen molar-refractivity contribution in [3.8, 4) is 0 Å². The van der Waals surface area contributed by atoms with Gasteiger partial charge in [0.25, 0.3) is 0 Å². The van der Waals surface area contributed by atoms with Gasteiger partial charge < -0.3 is 10.6 Å². The number of para-hydroxylation sites is 1. The van der Waals surface area contributed by atoms with Crippen LogP contribution >= 0.6 is 0 Å². The summed E-state index contributed by atoms with van der Waals surface area (Å²) in [7, 11) is 0. The molecule has 2 N–H and O–H groups in total. The van der Waals surface area contributed by atoms with Gasteiger partial charge in [-0.2, -0.15) is 0 Å². The van der Waals surface area contributed by atoms with Gasteiger partial charge in [0.15, 0.2) is 0 Å². The number of hydrogen-bond donors (Lipinski definition) is 1. The molecule has 2 nitrogen and oxygen atoms in total. The molecule has 0 fully saturated rings. The van der Waals surface area contributed by atoms with Gasteiger partial charge in [0.2, 0.25) is 0 Å². The SMILES string of the molecule is CCN(CCc1ccccc1CN)c1ccccc1C. The number of nitrogens with two attached hydrogens (primary N) is 1. The number of rotatable bonds is 6. The lowest BCUT2D eigenvalue weighted by molar-refractivity contribution is 0.798. The summed E-state index contributed by atoms with van der Waals surface area (Å²) in [5, 5.41) is 0. The average molecular weight is 268 g/mol. The summed E-state index contributed by atoms with van der Waals surface area (Å²) in [5.41, 5.74) is 11.1. The van der Waals surface area contributed by atoms with Crippen LogP contribution in [0.3, 0.4) is 0 Å². The van der Waals surface area contributed by atoms with Crippen molar-refractivity contribution in [2.24, 2.45) is 5.73 Å². The summed E-state index contributed by atoms with van der Waals surface area (Å²) >= 11 is 0. The Kier molecular flexibility index (Phi) is 5.19. The molecule has 0 saturated carbocycles. The first kappa shape index (κ1) is 14.6. The van der Waals surface area contributed by atoms with Crippen molar-refractivity contribution >= 4 is 5.69 Å². The van der Waals surface area contributed by atoms with E-state index < -0.39 is 0 Å². The van der Waals surface area contributed by atoms with Gasteiger partial charge in [-0.25, -0.2) is 0 Å². The normalized spacial score (nSPS) is 10.6. The molecule has 2 heteroatoms. The molecule has 0 heterocycles. The van der Waals surface area contributed by atoms with Crippen LogP contribution in [0.1, 0.15) is 23.6 Å². The molecule has 20 heavy (non-hydrogen) atoms. The molecule has 2 rings (SSSR count). The van der Waals surface area contributed by atoms with Gasteiger partial charge in [-0.3, -0.25) is 0 Å². The highest BCUT2D eigenvalue weighted by Gasteiger charge is 2.08. The fraction of sp³-hybridized carbons (Fsp3) is 0.333. The number of benzene rings is 2. The van der Waals surface area contributed by atoms with E-state index in [0.29, 0.717) is 6.54 Å². The fourth-order valence-electron chi connectivity index (χ4n) is 2.62. The minimum Gasteiger partial charge on any atom is -0.371 e. The van der Waals surface area contributed by atoms with E-state index in [1.807, 2.05) is 0 Å². The lowest BCUT2D eigenvalue weighted by atomic mass is 10.0. The smallest absolute Gasteiger partial charge is 0.0395 e. The van der Waals surface area contributed by atoms with Crippen molar-refractivity contribution in [3.63, 3.8) is 0 Å². The van der Waals surface area contributed by atoms with Crippen LogP contribution < -0.4 is 10.6 Å². The molecular formula is C18H24N2. The van der Waals surface area contributed by atoms with Crippen molar-refractivity contribution in [1.82, 2.24) is 0 Å². The summed E-state index contributed by atoms with van der Waals surface area (Å²) in [6.45, 7) is 7.05. The molecule has 0 bridgehead atoms. The number of nitrogens with zero attached hydrogens (tertiary/aromatic N) is 1. The Labute approximate surface area is 122 Å². The molecule has 2 aromatic carbocycles. The topological polar surface area (TPSA) is 29.3 Å². The van der Waals surface area contributed by atoms with E-state index in [4.69, 9.17) is 5.73 Å². The Bertz CT molecular complexity index is 549. The van der Waals surface area contributed by atoms with Gasteiger partial charge in [-0.15, -0.1) is 0 Å². The predicted molar refractivity (Wildman–Crippen MR) is 87.1 cm³/mol. The Hall–Kier alpha value is -1.80. The quantitative estimate of drug-likeness (QED) is 0.868. The van der Waals surface area contributed by atoms with Crippen LogP contribution in [0.25, 0.3) is 0 Å². The van der Waals surface area contributed by atoms with E-state index in [2.05, 4.69) is 67.3 Å². The summed E-state index contributed by atoms with van der Waals surface area (Å²) in [6, 6.07) is 17.0. The molecule has 0 amide bonds. The number of anilines is 1. The average Bonchev–Trinajstić information content (AvgIpc) is 2.50. The van der Waals surface area contributed by atoms with Crippen molar-refractivity contribution in [2.75, 3.05) is 18.0 Å². The van der Waals surface area contributed by atoms with Gasteiger partial charge in [-0.05, 0) is 43.0 Å². The second-order valence-electron chi connectivity index (χ2n) is 5.09. The Balaban J connectivity index is 2.10. The molecular weight excluding hydrogens is 244 g/mol. The predicted octanol–water partition coefficient (Wildman–Crippen LogP) is 3.52. The van der Waals surface area contributed by atoms with Gasteiger partial charge in [0.1, 0.15) is 0 Å². The van der Waals surface area contributed by atoms with Crippen LogP contribution in [-0.4, -0.2) is 13.1 Å². The molecule has 0 unspecified atom stereocenters. The third-order valence-electron chi connectivity index (χ3n) is 3.83. The van der Waals surface area contributed by atoms with Crippen molar-refractivity contribution in [3.05, 3.63) is 65.2 Å². The van der Waals surface area contributed by atoms with E-state index >= 15 is 0 Å². The molecule has 2 aromatic rings. The molecule has 0 aliphatic rings. The molecule has 0 saturated heterocycles. The Morgan fingerprint density at radius 2 is 1.60 bits per heavy atom. The van der Waals surface area contributed by atoms with E-state index in [0.717, 1.165) is 19.5 Å². The summed E-state index contributed by atoms with van der Waals surface area (Å²) in [6.07, 6.45) is 1.04. The zero-order valence-electron chi connectivity index (χ0n) is 12.5. The second-order valence-corrected chi connectivity index (χ2v) is 5.09. The maximum atomic E-state index is 5.81. The highest BCUT2D eigenvalue weighted by molar-refractivity contribution is 5.53. The van der Waals surface area contributed by atoms with Gasteiger partial charge in [-0.1, -0.05) is 42.5 Å². The van der Waals surface area contributed by atoms with E-state index in [1.54, 1.807) is 0 Å². The number of hydrogen-bond acceptors (Lipinski definition) is 2. The van der Waals surface area contributed by atoms with E-state index in [1.165, 1.54) is 22.4 Å². The molecule has 0 spiro atoms. The van der Waals surface area contributed by atoms with Gasteiger partial charge in [0, 0.05) is 25.3 Å². The molecule has 0 aliphatic heterocycles. The molecule has 0 radical (unpaired) electrons. The van der Waals surface area contributed by atoms with Crippen molar-refractivity contribution in [2.45, 2.75) is 26.8 Å². The maximum absolute atomic E-state index is 5.81. The van der Waals surface area contributed by atoms with Gasteiger partial charge in [0.05, 0.1) is 0 Å². The second kappa shape index (κ2) is 7.11. The molecule has 0 atom stereocenters. The summed E-state index contributed by atoms with van der Waals surface area (Å²) < 4.78 is 0. The van der Waals surface area contributed by atoms with Crippen LogP contribution in [0.5, 0.6) is 0 Å². The lowest BCUT2D eigenvalue weighted by Gasteiger charge is -2.25. The number of likely N-dealkylation sites (N-methyl/N-ethyl adjacent to an activating group) is 1. The first-order valence-corrected chi connectivity index (χ1v) is 7.33. The number of aryl methyl sites for hydroxylation is 1. The van der Waals surface area contributed by atoms with Gasteiger partial charge >= 0.3 is 0 Å². The molecule has 106 valence electrons. The van der Waals surface area contributed by atoms with E-state index in [9.17, 15) is 0 Å².